The molecule has 0 heterocycles. The number of nitrogens with two attached hydrogens (primary N) is 2. The van der Waals surface area contributed by atoms with Gasteiger partial charge in [-0.3, -0.25) is 5.01 Å². The largest absolute Gasteiger partial charge is 0.494 e. The molecule has 5 N–H and O–H groups in total. The molecule has 0 aliphatic carbocycles. The topological polar surface area (TPSA) is 76.5 Å². The normalized spacial score (nSPS) is 12.2. The van der Waals surface area contributed by atoms with Crippen molar-refractivity contribution < 1.29 is 17.9 Å². The zero-order valence-corrected chi connectivity index (χ0v) is 16.8. The fraction of sp³-hybridized carbons (Fsp3) is 0.333. The molecule has 2 aromatic rings. The summed E-state index contributed by atoms with van der Waals surface area (Å²) in [4.78, 5) is 0. The molecule has 5 nitrogen and oxygen atoms in total. The van der Waals surface area contributed by atoms with Crippen LogP contribution in [0, 0.1) is 5.92 Å². The van der Waals surface area contributed by atoms with Crippen LogP contribution in [0.25, 0.3) is 0 Å². The van der Waals surface area contributed by atoms with Crippen molar-refractivity contribution in [2.75, 3.05) is 17.4 Å². The van der Waals surface area contributed by atoms with Gasteiger partial charge in [-0.05, 0) is 43.0 Å². The minimum Gasteiger partial charge on any atom is -0.494 e. The number of hydrazine groups is 1. The average Bonchev–Trinajstić information content (AvgIpc) is 2.65. The van der Waals surface area contributed by atoms with E-state index < -0.39 is 11.7 Å². The van der Waals surface area contributed by atoms with Crippen LogP contribution in [0.3, 0.4) is 0 Å². The maximum absolute atomic E-state index is 13.2. The van der Waals surface area contributed by atoms with Gasteiger partial charge in [-0.15, -0.1) is 0 Å². The fourth-order valence-corrected chi connectivity index (χ4v) is 2.73. The lowest BCUT2D eigenvalue weighted by Gasteiger charge is -2.20. The van der Waals surface area contributed by atoms with Gasteiger partial charge in [-0.25, -0.2) is 5.84 Å². The van der Waals surface area contributed by atoms with E-state index in [2.05, 4.69) is 19.2 Å². The fourth-order valence-electron chi connectivity index (χ4n) is 2.73. The maximum atomic E-state index is 13.2. The molecule has 8 heteroatoms. The van der Waals surface area contributed by atoms with Crippen molar-refractivity contribution in [1.82, 2.24) is 0 Å². The van der Waals surface area contributed by atoms with Crippen molar-refractivity contribution in [2.24, 2.45) is 17.5 Å². The number of allylic oxidation sites excluding steroid dienone is 1. The smallest absolute Gasteiger partial charge is 0.418 e. The number of benzene rings is 2. The Morgan fingerprint density at radius 3 is 2.52 bits per heavy atom. The molecule has 0 saturated heterocycles. The molecule has 29 heavy (non-hydrogen) atoms. The van der Waals surface area contributed by atoms with Gasteiger partial charge < -0.3 is 15.8 Å². The van der Waals surface area contributed by atoms with Crippen molar-refractivity contribution in [3.63, 3.8) is 0 Å². The molecule has 0 radical (unpaired) electrons. The predicted octanol–water partition coefficient (Wildman–Crippen LogP) is 5.37. The van der Waals surface area contributed by atoms with Gasteiger partial charge in [0.05, 0.1) is 24.0 Å². The highest BCUT2D eigenvalue weighted by atomic mass is 19.4. The lowest BCUT2D eigenvalue weighted by molar-refractivity contribution is -0.136. The molecule has 2 aromatic carbocycles. The van der Waals surface area contributed by atoms with E-state index >= 15 is 0 Å². The molecule has 0 fully saturated rings. The van der Waals surface area contributed by atoms with Crippen LogP contribution in [0.1, 0.15) is 32.3 Å². The monoisotopic (exact) mass is 408 g/mol. The van der Waals surface area contributed by atoms with Crippen molar-refractivity contribution in [1.29, 1.82) is 0 Å². The average molecular weight is 408 g/mol. The van der Waals surface area contributed by atoms with E-state index in [0.29, 0.717) is 35.2 Å². The predicted molar refractivity (Wildman–Crippen MR) is 111 cm³/mol. The van der Waals surface area contributed by atoms with Crippen LogP contribution in [0.4, 0.5) is 30.2 Å². The van der Waals surface area contributed by atoms with Crippen LogP contribution in [0.5, 0.6) is 5.75 Å². The van der Waals surface area contributed by atoms with Crippen LogP contribution >= 0.6 is 0 Å². The van der Waals surface area contributed by atoms with Crippen LogP contribution in [-0.2, 0) is 6.18 Å². The van der Waals surface area contributed by atoms with Crippen LogP contribution < -0.4 is 26.6 Å². The van der Waals surface area contributed by atoms with Gasteiger partial charge >= 0.3 is 6.18 Å². The molecule has 0 saturated carbocycles. The number of halogens is 3. The van der Waals surface area contributed by atoms with E-state index in [1.807, 2.05) is 0 Å². The summed E-state index contributed by atoms with van der Waals surface area (Å²) >= 11 is 0. The lowest BCUT2D eigenvalue weighted by Crippen LogP contribution is -2.26. The molecule has 0 aromatic heterocycles. The Morgan fingerprint density at radius 1 is 1.21 bits per heavy atom. The van der Waals surface area contributed by atoms with Gasteiger partial charge in [0.2, 0.25) is 0 Å². The minimum atomic E-state index is -4.46. The van der Waals surface area contributed by atoms with E-state index in [-0.39, 0.29) is 5.69 Å². The molecule has 0 bridgehead atoms. The number of anilines is 3. The third-order valence-electron chi connectivity index (χ3n) is 4.28. The molecule has 0 amide bonds. The Kier molecular flexibility index (Phi) is 7.39. The molecule has 0 spiro atoms. The summed E-state index contributed by atoms with van der Waals surface area (Å²) in [5, 5.41) is 4.14. The molecule has 0 aliphatic rings. The molecular weight excluding hydrogens is 381 g/mol. The Labute approximate surface area is 169 Å². The van der Waals surface area contributed by atoms with Gasteiger partial charge in [-0.1, -0.05) is 26.0 Å². The zero-order valence-electron chi connectivity index (χ0n) is 16.8. The first-order valence-electron chi connectivity index (χ1n) is 9.23. The molecule has 0 unspecified atom stereocenters. The first-order valence-corrected chi connectivity index (χ1v) is 9.23. The van der Waals surface area contributed by atoms with Gasteiger partial charge in [0.1, 0.15) is 5.75 Å². The van der Waals surface area contributed by atoms with Gasteiger partial charge in [-0.2, -0.15) is 13.2 Å². The van der Waals surface area contributed by atoms with E-state index in [1.54, 1.807) is 24.4 Å². The Morgan fingerprint density at radius 2 is 1.90 bits per heavy atom. The lowest BCUT2D eigenvalue weighted by atomic mass is 10.1. The first-order chi connectivity index (χ1) is 13.6. The number of alkyl halides is 3. The second-order valence-electron chi connectivity index (χ2n) is 7.10. The summed E-state index contributed by atoms with van der Waals surface area (Å²) in [5.41, 5.74) is 6.83. The Hall–Kier alpha value is -2.87. The van der Waals surface area contributed by atoms with Gasteiger partial charge in [0, 0.05) is 23.7 Å². The summed E-state index contributed by atoms with van der Waals surface area (Å²) in [5.74, 6) is 7.01. The summed E-state index contributed by atoms with van der Waals surface area (Å²) in [6.07, 6.45) is -1.19. The quantitative estimate of drug-likeness (QED) is 0.404. The SMILES string of the molecule is COc1cc(Nc2ccccc2C(F)(F)F)ccc1N(N)/C=C(\N)CCC(C)C. The van der Waals surface area contributed by atoms with Crippen LogP contribution in [0.15, 0.2) is 54.4 Å². The Balaban J connectivity index is 2.25. The van der Waals surface area contributed by atoms with Crippen molar-refractivity contribution in [2.45, 2.75) is 32.9 Å². The van der Waals surface area contributed by atoms with Crippen LogP contribution in [-0.4, -0.2) is 7.11 Å². The van der Waals surface area contributed by atoms with Crippen molar-refractivity contribution in [3.05, 3.63) is 59.9 Å². The third-order valence-corrected chi connectivity index (χ3v) is 4.28. The third kappa shape index (κ3) is 6.32. The number of ether oxygens (including phenoxy) is 1. The van der Waals surface area contributed by atoms with E-state index in [9.17, 15) is 13.2 Å². The minimum absolute atomic E-state index is 0.0442. The summed E-state index contributed by atoms with van der Waals surface area (Å²) in [6, 6.07) is 10.2. The molecule has 0 atom stereocenters. The number of para-hydroxylation sites is 1. The summed E-state index contributed by atoms with van der Waals surface area (Å²) in [7, 11) is 1.46. The van der Waals surface area contributed by atoms with E-state index in [4.69, 9.17) is 16.3 Å². The first kappa shape index (κ1) is 22.4. The second kappa shape index (κ2) is 9.56. The standard InChI is InChI=1S/C21H27F3N4O/c1-14(2)8-9-15(25)13-28(26)19-11-10-16(12-20(19)29-3)27-18-7-5-4-6-17(18)21(22,23)24/h4-7,10-14,27H,8-9,25-26H2,1-3H3/b15-13-. The highest BCUT2D eigenvalue weighted by molar-refractivity contribution is 5.70. The number of hydrogen-bond acceptors (Lipinski definition) is 5. The van der Waals surface area contributed by atoms with E-state index in [1.165, 1.54) is 30.3 Å². The van der Waals surface area contributed by atoms with E-state index in [0.717, 1.165) is 12.5 Å². The van der Waals surface area contributed by atoms with Gasteiger partial charge in [0.25, 0.3) is 0 Å². The zero-order chi connectivity index (χ0) is 21.6. The summed E-state index contributed by atoms with van der Waals surface area (Å²) < 4.78 is 45.0. The highest BCUT2D eigenvalue weighted by Gasteiger charge is 2.33. The molecular formula is C21H27F3N4O. The number of hydrogen-bond donors (Lipinski definition) is 3. The highest BCUT2D eigenvalue weighted by Crippen LogP contribution is 2.37. The van der Waals surface area contributed by atoms with Crippen molar-refractivity contribution in [3.8, 4) is 5.75 Å². The number of rotatable bonds is 8. The summed E-state index contributed by atoms with van der Waals surface area (Å²) in [6.45, 7) is 4.22. The number of nitrogens with zero attached hydrogens (tertiary/aromatic N) is 1. The Bertz CT molecular complexity index is 850. The molecule has 2 rings (SSSR count). The van der Waals surface area contributed by atoms with Crippen molar-refractivity contribution >= 4 is 17.1 Å². The number of methoxy groups -OCH3 is 1. The van der Waals surface area contributed by atoms with Gasteiger partial charge in [0.15, 0.2) is 0 Å². The maximum Gasteiger partial charge on any atom is 0.418 e. The molecule has 0 aliphatic heterocycles. The molecule has 158 valence electrons. The number of nitrogens with one attached hydrogen (secondary N) is 1. The second-order valence-corrected chi connectivity index (χ2v) is 7.10. The van der Waals surface area contributed by atoms with Crippen LogP contribution in [0.2, 0.25) is 0 Å².